The third-order valence-corrected chi connectivity index (χ3v) is 2.02. The van der Waals surface area contributed by atoms with E-state index < -0.39 is 11.8 Å². The van der Waals surface area contributed by atoms with Gasteiger partial charge in [0.2, 0.25) is 5.95 Å². The molecule has 74 valence electrons. The van der Waals surface area contributed by atoms with Crippen molar-refractivity contribution < 1.29 is 13.5 Å². The van der Waals surface area contributed by atoms with Gasteiger partial charge in [0.05, 0.1) is 6.20 Å². The fourth-order valence-electron chi connectivity index (χ4n) is 1.23. The van der Waals surface area contributed by atoms with Crippen molar-refractivity contribution in [2.24, 2.45) is 0 Å². The van der Waals surface area contributed by atoms with E-state index in [0.29, 0.717) is 18.6 Å². The van der Waals surface area contributed by atoms with Crippen LogP contribution >= 0.6 is 0 Å². The summed E-state index contributed by atoms with van der Waals surface area (Å²) in [5.41, 5.74) is 0.616. The monoisotopic (exact) mass is 198 g/mol. The smallest absolute Gasteiger partial charge is 0.249 e. The van der Waals surface area contributed by atoms with Crippen LogP contribution in [0, 0.1) is 17.2 Å². The fourth-order valence-corrected chi connectivity index (χ4v) is 1.23. The van der Waals surface area contributed by atoms with Gasteiger partial charge in [-0.05, 0) is 0 Å². The van der Waals surface area contributed by atoms with Crippen molar-refractivity contribution in [3.05, 3.63) is 24.0 Å². The molecule has 14 heavy (non-hydrogen) atoms. The minimum atomic E-state index is -1.13. The highest BCUT2D eigenvalue weighted by Crippen LogP contribution is 2.22. The summed E-state index contributed by atoms with van der Waals surface area (Å²) in [4.78, 5) is 3.19. The Labute approximate surface area is 79.2 Å². The largest absolute Gasteiger partial charge is 0.488 e. The highest BCUT2D eigenvalue weighted by atomic mass is 19.2. The third-order valence-electron chi connectivity index (χ3n) is 2.02. The number of halogens is 2. The van der Waals surface area contributed by atoms with Crippen LogP contribution in [0.4, 0.5) is 8.78 Å². The molecule has 1 aromatic heterocycles. The summed E-state index contributed by atoms with van der Waals surface area (Å²) in [6.07, 6.45) is 2.16. The van der Waals surface area contributed by atoms with Gasteiger partial charge in [-0.25, -0.2) is 9.37 Å². The summed E-state index contributed by atoms with van der Waals surface area (Å²) in [7, 11) is 0. The quantitative estimate of drug-likeness (QED) is 0.738. The van der Waals surface area contributed by atoms with Crippen molar-refractivity contribution in [2.45, 2.75) is 18.9 Å². The molecule has 1 N–H and O–H groups in total. The first-order chi connectivity index (χ1) is 6.65. The zero-order chi connectivity index (χ0) is 10.1. The van der Waals surface area contributed by atoms with Crippen LogP contribution in [0.3, 0.4) is 0 Å². The second kappa shape index (κ2) is 3.32. The van der Waals surface area contributed by atoms with E-state index in [4.69, 9.17) is 10.1 Å². The van der Waals surface area contributed by atoms with Gasteiger partial charge in [-0.1, -0.05) is 0 Å². The van der Waals surface area contributed by atoms with Gasteiger partial charge in [-0.3, -0.25) is 0 Å². The lowest BCUT2D eigenvalue weighted by Gasteiger charge is -2.27. The van der Waals surface area contributed by atoms with E-state index >= 15 is 0 Å². The van der Waals surface area contributed by atoms with Gasteiger partial charge >= 0.3 is 0 Å². The van der Waals surface area contributed by atoms with Gasteiger partial charge in [0.25, 0.3) is 0 Å². The molecule has 3 nitrogen and oxygen atoms in total. The van der Waals surface area contributed by atoms with Crippen molar-refractivity contribution in [3.63, 3.8) is 0 Å². The molecule has 5 heteroatoms. The van der Waals surface area contributed by atoms with E-state index in [0.717, 1.165) is 12.3 Å². The van der Waals surface area contributed by atoms with E-state index in [1.807, 2.05) is 0 Å². The summed E-state index contributed by atoms with van der Waals surface area (Å²) in [5, 5.41) is 7.17. The van der Waals surface area contributed by atoms with Crippen LogP contribution in [0.5, 0.6) is 5.75 Å². The molecular weight excluding hydrogens is 190 g/mol. The van der Waals surface area contributed by atoms with Crippen LogP contribution in [0.1, 0.15) is 12.8 Å². The van der Waals surface area contributed by atoms with Crippen LogP contribution in [-0.4, -0.2) is 16.8 Å². The summed E-state index contributed by atoms with van der Waals surface area (Å²) in [6, 6.07) is 0.963. The first kappa shape index (κ1) is 9.05. The molecule has 0 unspecified atom stereocenters. The van der Waals surface area contributed by atoms with E-state index in [-0.39, 0.29) is 11.9 Å². The Kier molecular flexibility index (Phi) is 2.15. The van der Waals surface area contributed by atoms with Gasteiger partial charge in [-0.15, -0.1) is 0 Å². The molecule has 0 atom stereocenters. The molecule has 0 amide bonds. The SMILES string of the molecule is N=C1CC(Oc2cnc(F)c(F)c2)C1. The van der Waals surface area contributed by atoms with Crippen molar-refractivity contribution in [1.29, 1.82) is 5.41 Å². The summed E-state index contributed by atoms with van der Waals surface area (Å²) in [5.74, 6) is -1.93. The number of nitrogens with zero attached hydrogens (tertiary/aromatic N) is 1. The molecule has 0 spiro atoms. The summed E-state index contributed by atoms with van der Waals surface area (Å²) < 4.78 is 30.3. The minimum absolute atomic E-state index is 0.0887. The number of nitrogens with one attached hydrogen (secondary N) is 1. The van der Waals surface area contributed by atoms with Crippen molar-refractivity contribution in [1.82, 2.24) is 4.98 Å². The Morgan fingerprint density at radius 3 is 2.71 bits per heavy atom. The lowest BCUT2D eigenvalue weighted by molar-refractivity contribution is 0.189. The Bertz CT molecular complexity index is 373. The molecular formula is C9H8F2N2O. The number of pyridine rings is 1. The van der Waals surface area contributed by atoms with Gasteiger partial charge in [-0.2, -0.15) is 4.39 Å². The maximum Gasteiger partial charge on any atom is 0.249 e. The molecule has 0 bridgehead atoms. The summed E-state index contributed by atoms with van der Waals surface area (Å²) in [6.45, 7) is 0. The van der Waals surface area contributed by atoms with Crippen LogP contribution in [-0.2, 0) is 0 Å². The Morgan fingerprint density at radius 1 is 1.43 bits per heavy atom. The average Bonchev–Trinajstić information content (AvgIpc) is 2.09. The van der Waals surface area contributed by atoms with Crippen LogP contribution in [0.25, 0.3) is 0 Å². The number of hydrogen-bond acceptors (Lipinski definition) is 3. The van der Waals surface area contributed by atoms with Crippen LogP contribution < -0.4 is 4.74 Å². The predicted octanol–water partition coefficient (Wildman–Crippen LogP) is 1.92. The zero-order valence-corrected chi connectivity index (χ0v) is 7.26. The molecule has 1 aromatic rings. The van der Waals surface area contributed by atoms with Crippen molar-refractivity contribution in [2.75, 3.05) is 0 Å². The number of rotatable bonds is 2. The molecule has 1 aliphatic carbocycles. The first-order valence-electron chi connectivity index (χ1n) is 4.19. The number of aromatic nitrogens is 1. The zero-order valence-electron chi connectivity index (χ0n) is 7.26. The maximum absolute atomic E-state index is 12.7. The second-order valence-electron chi connectivity index (χ2n) is 3.20. The molecule has 0 aliphatic heterocycles. The van der Waals surface area contributed by atoms with E-state index in [2.05, 4.69) is 4.98 Å². The van der Waals surface area contributed by atoms with Gasteiger partial charge in [0.1, 0.15) is 11.9 Å². The Morgan fingerprint density at radius 2 is 2.14 bits per heavy atom. The van der Waals surface area contributed by atoms with Crippen LogP contribution in [0.15, 0.2) is 12.3 Å². The highest BCUT2D eigenvalue weighted by molar-refractivity contribution is 5.88. The first-order valence-corrected chi connectivity index (χ1v) is 4.19. The fraction of sp³-hybridized carbons (Fsp3) is 0.333. The van der Waals surface area contributed by atoms with Gasteiger partial charge < -0.3 is 10.1 Å². The third kappa shape index (κ3) is 1.71. The number of hydrogen-bond donors (Lipinski definition) is 1. The molecule has 0 radical (unpaired) electrons. The molecule has 0 aromatic carbocycles. The normalized spacial score (nSPS) is 20.4. The molecule has 1 saturated carbocycles. The number of ether oxygens (including phenoxy) is 1. The van der Waals surface area contributed by atoms with Crippen molar-refractivity contribution >= 4 is 5.71 Å². The maximum atomic E-state index is 12.7. The molecule has 2 rings (SSSR count). The van der Waals surface area contributed by atoms with Gasteiger partial charge in [0, 0.05) is 24.6 Å². The molecule has 1 aliphatic rings. The predicted molar refractivity (Wildman–Crippen MR) is 45.5 cm³/mol. The molecule has 1 fully saturated rings. The molecule has 0 saturated heterocycles. The topological polar surface area (TPSA) is 46.0 Å². The van der Waals surface area contributed by atoms with Crippen molar-refractivity contribution in [3.8, 4) is 5.75 Å². The summed E-state index contributed by atoms with van der Waals surface area (Å²) >= 11 is 0. The lowest BCUT2D eigenvalue weighted by atomic mass is 9.93. The standard InChI is InChI=1S/C9H8F2N2O/c10-8-3-7(4-13-9(8)11)14-6-1-5(12)2-6/h3-4,6,12H,1-2H2. The van der Waals surface area contributed by atoms with E-state index in [1.54, 1.807) is 0 Å². The Balaban J connectivity index is 2.03. The Hall–Kier alpha value is -1.52. The highest BCUT2D eigenvalue weighted by Gasteiger charge is 2.25. The van der Waals surface area contributed by atoms with E-state index in [9.17, 15) is 8.78 Å². The minimum Gasteiger partial charge on any atom is -0.488 e. The van der Waals surface area contributed by atoms with Crippen LogP contribution in [0.2, 0.25) is 0 Å². The van der Waals surface area contributed by atoms with E-state index in [1.165, 1.54) is 0 Å². The molecule has 1 heterocycles. The van der Waals surface area contributed by atoms with Gasteiger partial charge in [0.15, 0.2) is 5.82 Å². The lowest BCUT2D eigenvalue weighted by Crippen LogP contribution is -2.33. The average molecular weight is 198 g/mol. The second-order valence-corrected chi connectivity index (χ2v) is 3.20.